The average Bonchev–Trinajstić information content (AvgIpc) is 2.93. The number of H-pyrrole nitrogens is 1. The molecular weight excluding hydrogens is 282 g/mol. The lowest BCUT2D eigenvalue weighted by atomic mass is 10.3. The smallest absolute Gasteiger partial charge is 0.260 e. The highest BCUT2D eigenvalue weighted by Crippen LogP contribution is 2.16. The molecular formula is C11H17N5O3S. The van der Waals surface area contributed by atoms with Gasteiger partial charge < -0.3 is 5.11 Å². The molecule has 20 heavy (non-hydrogen) atoms. The first-order valence-electron chi connectivity index (χ1n) is 5.98. The van der Waals surface area contributed by atoms with Crippen LogP contribution in [-0.4, -0.2) is 33.5 Å². The maximum absolute atomic E-state index is 12.2. The molecule has 0 fully saturated rings. The van der Waals surface area contributed by atoms with Crippen molar-refractivity contribution < 1.29 is 13.5 Å². The van der Waals surface area contributed by atoms with Crippen LogP contribution in [0, 0.1) is 13.8 Å². The number of aromatic nitrogens is 4. The van der Waals surface area contributed by atoms with Crippen LogP contribution in [0.4, 0.5) is 0 Å². The topological polar surface area (TPSA) is 113 Å². The fraction of sp³-hybridized carbons (Fsp3) is 0.455. The third-order valence-electron chi connectivity index (χ3n) is 3.24. The third-order valence-corrected chi connectivity index (χ3v) is 4.61. The fourth-order valence-electron chi connectivity index (χ4n) is 1.80. The van der Waals surface area contributed by atoms with E-state index in [1.807, 2.05) is 6.92 Å². The Bertz CT molecular complexity index is 716. The van der Waals surface area contributed by atoms with E-state index in [1.165, 1.54) is 0 Å². The van der Waals surface area contributed by atoms with Crippen molar-refractivity contribution in [2.24, 2.45) is 7.05 Å². The summed E-state index contributed by atoms with van der Waals surface area (Å²) in [5, 5.41) is 19.4. The van der Waals surface area contributed by atoms with Gasteiger partial charge in [-0.15, -0.1) is 0 Å². The van der Waals surface area contributed by atoms with Crippen molar-refractivity contribution >= 4 is 10.0 Å². The van der Waals surface area contributed by atoms with Crippen molar-refractivity contribution in [3.63, 3.8) is 0 Å². The summed E-state index contributed by atoms with van der Waals surface area (Å²) >= 11 is 0. The van der Waals surface area contributed by atoms with Crippen LogP contribution in [0.25, 0.3) is 0 Å². The molecule has 0 radical (unpaired) electrons. The largest absolute Gasteiger partial charge is 0.392 e. The van der Waals surface area contributed by atoms with Gasteiger partial charge >= 0.3 is 0 Å². The van der Waals surface area contributed by atoms with Crippen molar-refractivity contribution in [1.29, 1.82) is 0 Å². The summed E-state index contributed by atoms with van der Waals surface area (Å²) in [6.07, 6.45) is 1.61. The lowest BCUT2D eigenvalue weighted by molar-refractivity contribution is 0.277. The van der Waals surface area contributed by atoms with Gasteiger partial charge in [-0.3, -0.25) is 9.78 Å². The van der Waals surface area contributed by atoms with E-state index in [0.717, 1.165) is 11.3 Å². The Morgan fingerprint density at radius 1 is 1.45 bits per heavy atom. The quantitative estimate of drug-likeness (QED) is 0.703. The number of hydrogen-bond acceptors (Lipinski definition) is 5. The zero-order chi connectivity index (χ0) is 14.9. The van der Waals surface area contributed by atoms with Crippen LogP contribution in [-0.2, 0) is 30.2 Å². The van der Waals surface area contributed by atoms with Crippen molar-refractivity contribution in [3.8, 4) is 0 Å². The first-order chi connectivity index (χ1) is 9.36. The second kappa shape index (κ2) is 5.35. The Morgan fingerprint density at radius 2 is 2.15 bits per heavy atom. The van der Waals surface area contributed by atoms with Crippen LogP contribution in [0.3, 0.4) is 0 Å². The number of aryl methyl sites for hydroxylation is 2. The number of nitrogens with one attached hydrogen (secondary N) is 2. The lowest BCUT2D eigenvalue weighted by Crippen LogP contribution is -2.25. The minimum Gasteiger partial charge on any atom is -0.392 e. The summed E-state index contributed by atoms with van der Waals surface area (Å²) in [5.74, 6) is 0. The molecule has 0 amide bonds. The van der Waals surface area contributed by atoms with E-state index in [9.17, 15) is 13.5 Å². The number of hydrogen-bond donors (Lipinski definition) is 3. The van der Waals surface area contributed by atoms with E-state index in [1.54, 1.807) is 24.9 Å². The molecule has 2 aromatic heterocycles. The number of aliphatic hydroxyl groups is 1. The summed E-state index contributed by atoms with van der Waals surface area (Å²) in [6, 6.07) is 0. The van der Waals surface area contributed by atoms with E-state index in [-0.39, 0.29) is 23.7 Å². The molecule has 110 valence electrons. The van der Waals surface area contributed by atoms with Gasteiger partial charge in [-0.25, -0.2) is 13.1 Å². The van der Waals surface area contributed by atoms with Crippen LogP contribution in [0.15, 0.2) is 11.2 Å². The van der Waals surface area contributed by atoms with Gasteiger partial charge in [0.2, 0.25) is 0 Å². The number of aliphatic hydroxyl groups excluding tert-OH is 1. The van der Waals surface area contributed by atoms with E-state index in [2.05, 4.69) is 20.0 Å². The third kappa shape index (κ3) is 2.60. The summed E-state index contributed by atoms with van der Waals surface area (Å²) in [4.78, 5) is 0. The minimum absolute atomic E-state index is 0.124. The van der Waals surface area contributed by atoms with Gasteiger partial charge in [0.15, 0.2) is 5.03 Å². The second-order valence-corrected chi connectivity index (χ2v) is 6.18. The van der Waals surface area contributed by atoms with E-state index >= 15 is 0 Å². The Labute approximate surface area is 116 Å². The molecule has 0 atom stereocenters. The highest BCUT2D eigenvalue weighted by molar-refractivity contribution is 7.89. The molecule has 2 rings (SSSR count). The summed E-state index contributed by atoms with van der Waals surface area (Å²) in [7, 11) is -1.99. The Kier molecular flexibility index (Phi) is 3.93. The molecule has 0 spiro atoms. The van der Waals surface area contributed by atoms with Gasteiger partial charge in [0, 0.05) is 36.1 Å². The van der Waals surface area contributed by atoms with Gasteiger partial charge in [0.05, 0.1) is 12.8 Å². The molecule has 0 saturated heterocycles. The zero-order valence-corrected chi connectivity index (χ0v) is 12.3. The molecule has 0 aromatic carbocycles. The van der Waals surface area contributed by atoms with Crippen LogP contribution in [0.5, 0.6) is 0 Å². The molecule has 3 N–H and O–H groups in total. The van der Waals surface area contributed by atoms with Gasteiger partial charge in [-0.05, 0) is 13.8 Å². The molecule has 0 saturated carbocycles. The number of rotatable bonds is 5. The Balaban J connectivity index is 2.21. The molecule has 2 aromatic rings. The molecule has 0 aliphatic rings. The van der Waals surface area contributed by atoms with Gasteiger partial charge in [-0.1, -0.05) is 0 Å². The van der Waals surface area contributed by atoms with Crippen LogP contribution in [0.1, 0.15) is 22.5 Å². The lowest BCUT2D eigenvalue weighted by Gasteiger charge is -2.05. The molecule has 2 heterocycles. The SMILES string of the molecule is Cc1[nH]nc(S(=O)(=O)NCc2cnn(C)c2C)c1CO. The number of aromatic amines is 1. The van der Waals surface area contributed by atoms with Crippen LogP contribution in [0.2, 0.25) is 0 Å². The zero-order valence-electron chi connectivity index (χ0n) is 11.5. The monoisotopic (exact) mass is 299 g/mol. The molecule has 0 aliphatic heterocycles. The summed E-state index contributed by atoms with van der Waals surface area (Å²) < 4.78 is 28.5. The molecule has 0 aliphatic carbocycles. The second-order valence-electron chi connectivity index (χ2n) is 4.49. The van der Waals surface area contributed by atoms with Crippen molar-refractivity contribution in [1.82, 2.24) is 24.7 Å². The number of nitrogens with zero attached hydrogens (tertiary/aromatic N) is 3. The number of sulfonamides is 1. The van der Waals surface area contributed by atoms with E-state index < -0.39 is 10.0 Å². The Morgan fingerprint density at radius 3 is 2.70 bits per heavy atom. The molecule has 8 nitrogen and oxygen atoms in total. The molecule has 9 heteroatoms. The molecule has 0 unspecified atom stereocenters. The van der Waals surface area contributed by atoms with Crippen molar-refractivity contribution in [3.05, 3.63) is 28.7 Å². The van der Waals surface area contributed by atoms with Gasteiger partial charge in [0.25, 0.3) is 10.0 Å². The highest BCUT2D eigenvalue weighted by Gasteiger charge is 2.23. The first-order valence-corrected chi connectivity index (χ1v) is 7.47. The predicted molar refractivity (Wildman–Crippen MR) is 71.2 cm³/mol. The first kappa shape index (κ1) is 14.7. The van der Waals surface area contributed by atoms with Crippen molar-refractivity contribution in [2.45, 2.75) is 32.0 Å². The highest BCUT2D eigenvalue weighted by atomic mass is 32.2. The standard InChI is InChI=1S/C11H17N5O3S/c1-7-10(6-17)11(15-14-7)20(18,19)13-5-9-4-12-16(3)8(9)2/h4,13,17H,5-6H2,1-3H3,(H,14,15). The predicted octanol–water partition coefficient (Wildman–Crippen LogP) is -0.269. The fourth-order valence-corrected chi connectivity index (χ4v) is 2.99. The van der Waals surface area contributed by atoms with Gasteiger partial charge in [-0.2, -0.15) is 10.2 Å². The average molecular weight is 299 g/mol. The van der Waals surface area contributed by atoms with E-state index in [0.29, 0.717) is 5.69 Å². The molecule has 0 bridgehead atoms. The van der Waals surface area contributed by atoms with Gasteiger partial charge in [0.1, 0.15) is 0 Å². The van der Waals surface area contributed by atoms with E-state index in [4.69, 9.17) is 0 Å². The maximum atomic E-state index is 12.2. The van der Waals surface area contributed by atoms with Crippen molar-refractivity contribution in [2.75, 3.05) is 0 Å². The minimum atomic E-state index is -3.78. The summed E-state index contributed by atoms with van der Waals surface area (Å²) in [5.41, 5.74) is 2.48. The normalized spacial score (nSPS) is 12.0. The van der Waals surface area contributed by atoms with Crippen LogP contribution >= 0.6 is 0 Å². The van der Waals surface area contributed by atoms with Crippen LogP contribution < -0.4 is 4.72 Å². The Hall–Kier alpha value is -1.71. The summed E-state index contributed by atoms with van der Waals surface area (Å²) in [6.45, 7) is 3.25. The maximum Gasteiger partial charge on any atom is 0.260 e.